The van der Waals surface area contributed by atoms with Gasteiger partial charge in [0.1, 0.15) is 5.65 Å². The number of carbonyl (C=O) groups is 1. The number of ether oxygens (including phenoxy) is 1. The fraction of sp³-hybridized carbons (Fsp3) is 0.250. The molecule has 11 heteroatoms. The second-order valence-electron chi connectivity index (χ2n) is 10.7. The summed E-state index contributed by atoms with van der Waals surface area (Å²) in [5, 5.41) is 6.46. The summed E-state index contributed by atoms with van der Waals surface area (Å²) < 4.78 is 5.61. The summed E-state index contributed by atoms with van der Waals surface area (Å²) in [6, 6.07) is 16.9. The Labute approximate surface area is 263 Å². The molecule has 0 spiro atoms. The quantitative estimate of drug-likeness (QED) is 0.0998. The molecule has 0 saturated carbocycles. The van der Waals surface area contributed by atoms with Gasteiger partial charge < -0.3 is 31.4 Å². The van der Waals surface area contributed by atoms with E-state index in [9.17, 15) is 4.79 Å². The Kier molecular flexibility index (Phi) is 10.3. The summed E-state index contributed by atoms with van der Waals surface area (Å²) in [4.78, 5) is 22.4. The van der Waals surface area contributed by atoms with Crippen molar-refractivity contribution in [2.45, 2.75) is 18.6 Å². The van der Waals surface area contributed by atoms with Crippen molar-refractivity contribution < 1.29 is 9.53 Å². The Morgan fingerprint density at radius 2 is 1.95 bits per heavy atom. The maximum Gasteiger partial charge on any atom is 0.338 e. The van der Waals surface area contributed by atoms with Crippen LogP contribution < -0.4 is 22.1 Å². The van der Waals surface area contributed by atoms with Crippen molar-refractivity contribution in [2.75, 3.05) is 32.1 Å². The molecule has 2 aromatic heterocycles. The van der Waals surface area contributed by atoms with Crippen LogP contribution in [0.3, 0.4) is 0 Å². The van der Waals surface area contributed by atoms with Gasteiger partial charge in [-0.3, -0.25) is 0 Å². The third-order valence-corrected chi connectivity index (χ3v) is 9.24. The molecule has 43 heavy (non-hydrogen) atoms. The lowest BCUT2D eigenvalue weighted by Crippen LogP contribution is -2.32. The van der Waals surface area contributed by atoms with E-state index >= 15 is 0 Å². The molecule has 5 rings (SSSR count). The van der Waals surface area contributed by atoms with Gasteiger partial charge >= 0.3 is 5.97 Å². The van der Waals surface area contributed by atoms with Gasteiger partial charge in [-0.05, 0) is 92.2 Å². The van der Waals surface area contributed by atoms with Gasteiger partial charge in [0.25, 0.3) is 0 Å². The van der Waals surface area contributed by atoms with Crippen LogP contribution in [0.4, 0.5) is 5.69 Å². The van der Waals surface area contributed by atoms with Crippen LogP contribution in [0.25, 0.3) is 16.7 Å². The highest BCUT2D eigenvalue weighted by Crippen LogP contribution is 2.28. The number of nitrogens with one attached hydrogen (secondary N) is 2. The number of nitrogens with zero attached hydrogens (tertiary/aromatic N) is 2. The number of hydrogen-bond donors (Lipinski definition) is 4. The first-order chi connectivity index (χ1) is 20.8. The second-order valence-corrected chi connectivity index (χ2v) is 12.7. The van der Waals surface area contributed by atoms with Gasteiger partial charge in [-0.15, -0.1) is 21.0 Å². The van der Waals surface area contributed by atoms with Crippen LogP contribution in [-0.4, -0.2) is 47.6 Å². The number of anilines is 1. The SMILES string of the molecule is CN1CCC(COC(=O)c2ccc(CS/C(N)=C(/C=C(\N)c3cc(Cl)ccc3P)Nc3ccnc4[nH]ccc34)cc2)CC1. The highest BCUT2D eigenvalue weighted by Gasteiger charge is 2.19. The molecular formula is C32H36ClN6O2PS. The number of likely N-dealkylation sites (tertiary alicyclic amines) is 1. The number of fused-ring (bicyclic) bond motifs is 1. The highest BCUT2D eigenvalue weighted by atomic mass is 35.5. The van der Waals surface area contributed by atoms with E-state index < -0.39 is 0 Å². The van der Waals surface area contributed by atoms with Gasteiger partial charge in [-0.25, -0.2) is 9.78 Å². The van der Waals surface area contributed by atoms with Crippen LogP contribution >= 0.6 is 32.6 Å². The lowest BCUT2D eigenvalue weighted by Gasteiger charge is -2.28. The van der Waals surface area contributed by atoms with Gasteiger partial charge in [-0.2, -0.15) is 0 Å². The van der Waals surface area contributed by atoms with Crippen LogP contribution in [0.2, 0.25) is 5.02 Å². The van der Waals surface area contributed by atoms with E-state index in [2.05, 4.69) is 36.5 Å². The lowest BCUT2D eigenvalue weighted by molar-refractivity contribution is 0.0384. The molecule has 1 aliphatic heterocycles. The first-order valence-corrected chi connectivity index (χ1v) is 16.0. The Bertz CT molecular complexity index is 1650. The Morgan fingerprint density at radius 1 is 1.19 bits per heavy atom. The van der Waals surface area contributed by atoms with Crippen molar-refractivity contribution >= 4 is 66.3 Å². The normalized spacial score (nSPS) is 15.4. The van der Waals surface area contributed by atoms with Crippen LogP contribution in [0.1, 0.15) is 34.3 Å². The average Bonchev–Trinajstić information content (AvgIpc) is 3.50. The highest BCUT2D eigenvalue weighted by molar-refractivity contribution is 8.02. The van der Waals surface area contributed by atoms with Crippen LogP contribution in [-0.2, 0) is 10.5 Å². The number of hydrogen-bond acceptors (Lipinski definition) is 8. The molecule has 6 N–H and O–H groups in total. The number of H-pyrrole nitrogens is 1. The Morgan fingerprint density at radius 3 is 2.72 bits per heavy atom. The molecule has 1 unspecified atom stereocenters. The molecule has 3 heterocycles. The molecular weight excluding hydrogens is 599 g/mol. The van der Waals surface area contributed by atoms with Crippen molar-refractivity contribution in [3.63, 3.8) is 0 Å². The standard InChI is InChI=1S/C32H36ClN6O2PS/c1-39-14-10-20(11-15-39)18-41-32(40)22-4-2-21(3-5-22)19-43-30(35)28(17-26(34)25-16-23(33)6-7-29(25)42)38-27-9-13-37-31-24(27)8-12-36-31/h2-9,12-13,16-17,20H,10-11,14-15,18-19,34-35,42H2,1H3,(H2,36,37,38)/b26-17-,30-28-. The minimum atomic E-state index is -0.285. The zero-order valence-electron chi connectivity index (χ0n) is 24.0. The molecule has 1 aliphatic rings. The number of carbonyl (C=O) groups excluding carboxylic acids is 1. The molecule has 4 aromatic rings. The number of aromatic amines is 1. The number of rotatable bonds is 10. The zero-order chi connectivity index (χ0) is 30.3. The van der Waals surface area contributed by atoms with Gasteiger partial charge in [0.15, 0.2) is 0 Å². The van der Waals surface area contributed by atoms with Crippen molar-refractivity contribution in [1.82, 2.24) is 14.9 Å². The molecule has 2 aromatic carbocycles. The van der Waals surface area contributed by atoms with Crippen molar-refractivity contribution in [2.24, 2.45) is 17.4 Å². The predicted molar refractivity (Wildman–Crippen MR) is 182 cm³/mol. The molecule has 0 amide bonds. The minimum absolute atomic E-state index is 0.285. The maximum absolute atomic E-state index is 12.6. The number of halogens is 1. The Hall–Kier alpha value is -3.49. The smallest absolute Gasteiger partial charge is 0.338 e. The molecule has 0 aliphatic carbocycles. The van der Waals surface area contributed by atoms with E-state index in [1.54, 1.807) is 6.20 Å². The third-order valence-electron chi connectivity index (χ3n) is 7.49. The largest absolute Gasteiger partial charge is 0.462 e. The second kappa shape index (κ2) is 14.3. The molecule has 0 bridgehead atoms. The number of nitrogens with two attached hydrogens (primary N) is 2. The minimum Gasteiger partial charge on any atom is -0.462 e. The topological polar surface area (TPSA) is 122 Å². The summed E-state index contributed by atoms with van der Waals surface area (Å²) in [5.41, 5.74) is 18.4. The molecule has 1 fully saturated rings. The van der Waals surface area contributed by atoms with Crippen molar-refractivity contribution in [1.29, 1.82) is 0 Å². The Balaban J connectivity index is 1.30. The first kappa shape index (κ1) is 31.0. The predicted octanol–water partition coefficient (Wildman–Crippen LogP) is 5.69. The van der Waals surface area contributed by atoms with E-state index in [-0.39, 0.29) is 5.97 Å². The average molecular weight is 635 g/mol. The number of piperidine rings is 1. The zero-order valence-corrected chi connectivity index (χ0v) is 26.7. The van der Waals surface area contributed by atoms with Gasteiger partial charge in [0, 0.05) is 39.8 Å². The lowest BCUT2D eigenvalue weighted by atomic mass is 9.98. The number of esters is 1. The molecule has 8 nitrogen and oxygen atoms in total. The van der Waals surface area contributed by atoms with Crippen LogP contribution in [0.15, 0.2) is 83.8 Å². The summed E-state index contributed by atoms with van der Waals surface area (Å²) in [7, 11) is 4.81. The number of benzene rings is 2. The fourth-order valence-corrected chi connectivity index (χ4v) is 6.18. The number of pyridine rings is 1. The first-order valence-electron chi connectivity index (χ1n) is 14.1. The van der Waals surface area contributed by atoms with E-state index in [0.717, 1.165) is 59.1 Å². The van der Waals surface area contributed by atoms with Crippen LogP contribution in [0, 0.1) is 5.92 Å². The van der Waals surface area contributed by atoms with E-state index in [1.807, 2.05) is 66.9 Å². The van der Waals surface area contributed by atoms with Crippen LogP contribution in [0.5, 0.6) is 0 Å². The van der Waals surface area contributed by atoms with E-state index in [4.69, 9.17) is 27.8 Å². The molecule has 1 atom stereocenters. The van der Waals surface area contributed by atoms with E-state index in [0.29, 0.717) is 45.3 Å². The third kappa shape index (κ3) is 8.12. The monoisotopic (exact) mass is 634 g/mol. The summed E-state index contributed by atoms with van der Waals surface area (Å²) in [6.07, 6.45) is 7.51. The van der Waals surface area contributed by atoms with Crippen molar-refractivity contribution in [3.05, 3.63) is 106 Å². The summed E-state index contributed by atoms with van der Waals surface area (Å²) >= 11 is 7.73. The molecule has 0 radical (unpaired) electrons. The van der Waals surface area contributed by atoms with Gasteiger partial charge in [0.05, 0.1) is 28.6 Å². The maximum atomic E-state index is 12.6. The number of aromatic nitrogens is 2. The van der Waals surface area contributed by atoms with Gasteiger partial charge in [-0.1, -0.05) is 29.8 Å². The summed E-state index contributed by atoms with van der Waals surface area (Å²) in [5.74, 6) is 0.739. The number of thioether (sulfide) groups is 1. The summed E-state index contributed by atoms with van der Waals surface area (Å²) in [6.45, 7) is 2.56. The van der Waals surface area contributed by atoms with Crippen molar-refractivity contribution in [3.8, 4) is 0 Å². The fourth-order valence-electron chi connectivity index (χ4n) is 4.88. The molecule has 224 valence electrons. The van der Waals surface area contributed by atoms with Gasteiger partial charge in [0.2, 0.25) is 0 Å². The molecule has 1 saturated heterocycles. The number of allylic oxidation sites excluding steroid dienone is 1. The van der Waals surface area contributed by atoms with E-state index in [1.165, 1.54) is 11.8 Å².